The third kappa shape index (κ3) is 3.65. The van der Waals surface area contributed by atoms with Crippen molar-refractivity contribution in [3.63, 3.8) is 0 Å². The fourth-order valence-corrected chi connectivity index (χ4v) is 4.45. The Labute approximate surface area is 116 Å². The van der Waals surface area contributed by atoms with E-state index in [1.807, 2.05) is 11.8 Å². The van der Waals surface area contributed by atoms with Crippen LogP contribution in [0.2, 0.25) is 0 Å². The first-order valence-electron chi connectivity index (χ1n) is 7.53. The maximum absolute atomic E-state index is 9.34. The van der Waals surface area contributed by atoms with Crippen LogP contribution in [0, 0.1) is 17.2 Å². The summed E-state index contributed by atoms with van der Waals surface area (Å²) in [5.74, 6) is 0.247. The molecule has 0 bridgehead atoms. The van der Waals surface area contributed by atoms with Gasteiger partial charge in [0.1, 0.15) is 0 Å². The van der Waals surface area contributed by atoms with Crippen LogP contribution in [0.4, 0.5) is 0 Å². The Morgan fingerprint density at radius 1 is 0.944 bits per heavy atom. The number of nitrogens with zero attached hydrogens (tertiary/aromatic N) is 1. The van der Waals surface area contributed by atoms with Crippen LogP contribution in [-0.2, 0) is 0 Å². The molecule has 0 radical (unpaired) electrons. The van der Waals surface area contributed by atoms with E-state index in [4.69, 9.17) is 0 Å². The molecule has 2 rings (SSSR count). The SMILES string of the molecule is CSC1CCCCC1NC1CCCCCC1C#N. The van der Waals surface area contributed by atoms with Gasteiger partial charge in [-0.15, -0.1) is 0 Å². The van der Waals surface area contributed by atoms with Gasteiger partial charge in [-0.3, -0.25) is 0 Å². The molecule has 4 unspecified atom stereocenters. The van der Waals surface area contributed by atoms with Gasteiger partial charge in [0, 0.05) is 17.3 Å². The molecule has 1 N–H and O–H groups in total. The molecule has 0 aromatic heterocycles. The third-order valence-corrected chi connectivity index (χ3v) is 5.78. The molecule has 4 atom stereocenters. The number of hydrogen-bond acceptors (Lipinski definition) is 3. The van der Waals surface area contributed by atoms with Crippen molar-refractivity contribution in [1.29, 1.82) is 5.26 Å². The smallest absolute Gasteiger partial charge is 0.0672 e. The summed E-state index contributed by atoms with van der Waals surface area (Å²) in [5.41, 5.74) is 0. The highest BCUT2D eigenvalue weighted by molar-refractivity contribution is 7.99. The van der Waals surface area contributed by atoms with E-state index < -0.39 is 0 Å². The lowest BCUT2D eigenvalue weighted by Crippen LogP contribution is -2.48. The van der Waals surface area contributed by atoms with Crippen molar-refractivity contribution in [1.82, 2.24) is 5.32 Å². The van der Waals surface area contributed by atoms with E-state index in [-0.39, 0.29) is 5.92 Å². The molecule has 2 fully saturated rings. The second kappa shape index (κ2) is 7.40. The van der Waals surface area contributed by atoms with Gasteiger partial charge in [-0.1, -0.05) is 32.1 Å². The van der Waals surface area contributed by atoms with Crippen LogP contribution in [0.3, 0.4) is 0 Å². The first kappa shape index (κ1) is 14.2. The predicted octanol–water partition coefficient (Wildman–Crippen LogP) is 3.72. The first-order chi connectivity index (χ1) is 8.85. The van der Waals surface area contributed by atoms with Gasteiger partial charge >= 0.3 is 0 Å². The van der Waals surface area contributed by atoms with Crippen molar-refractivity contribution >= 4 is 11.8 Å². The third-order valence-electron chi connectivity index (χ3n) is 4.62. The lowest BCUT2D eigenvalue weighted by molar-refractivity contribution is 0.301. The average molecular weight is 266 g/mol. The lowest BCUT2D eigenvalue weighted by atomic mass is 9.90. The summed E-state index contributed by atoms with van der Waals surface area (Å²) in [7, 11) is 0. The fraction of sp³-hybridized carbons (Fsp3) is 0.933. The Morgan fingerprint density at radius 2 is 1.61 bits per heavy atom. The van der Waals surface area contributed by atoms with Crippen molar-refractivity contribution < 1.29 is 0 Å². The van der Waals surface area contributed by atoms with Crippen LogP contribution in [0.15, 0.2) is 0 Å². The minimum atomic E-state index is 0.247. The summed E-state index contributed by atoms with van der Waals surface area (Å²) in [4.78, 5) is 0. The van der Waals surface area contributed by atoms with Gasteiger partial charge in [-0.25, -0.2) is 0 Å². The van der Waals surface area contributed by atoms with Gasteiger partial charge in [-0.2, -0.15) is 17.0 Å². The molecule has 0 aromatic carbocycles. The largest absolute Gasteiger partial charge is 0.309 e. The fourth-order valence-electron chi connectivity index (χ4n) is 3.51. The van der Waals surface area contributed by atoms with Crippen LogP contribution in [0.25, 0.3) is 0 Å². The zero-order chi connectivity index (χ0) is 12.8. The molecular weight excluding hydrogens is 240 g/mol. The summed E-state index contributed by atoms with van der Waals surface area (Å²) in [6, 6.07) is 3.65. The molecule has 0 spiro atoms. The molecule has 0 heterocycles. The molecule has 0 amide bonds. The number of hydrogen-bond donors (Lipinski definition) is 1. The highest BCUT2D eigenvalue weighted by Gasteiger charge is 2.30. The Hall–Kier alpha value is -0.200. The van der Waals surface area contributed by atoms with E-state index in [2.05, 4.69) is 17.6 Å². The Morgan fingerprint density at radius 3 is 2.39 bits per heavy atom. The van der Waals surface area contributed by atoms with Crippen molar-refractivity contribution in [2.75, 3.05) is 6.26 Å². The van der Waals surface area contributed by atoms with Crippen molar-refractivity contribution in [2.24, 2.45) is 5.92 Å². The van der Waals surface area contributed by atoms with Crippen molar-refractivity contribution in [3.05, 3.63) is 0 Å². The predicted molar refractivity (Wildman–Crippen MR) is 78.7 cm³/mol. The van der Waals surface area contributed by atoms with Crippen LogP contribution >= 0.6 is 11.8 Å². The summed E-state index contributed by atoms with van der Waals surface area (Å²) >= 11 is 2.01. The van der Waals surface area contributed by atoms with Crippen LogP contribution in [0.1, 0.15) is 57.8 Å². The summed E-state index contributed by atoms with van der Waals surface area (Å²) < 4.78 is 0. The monoisotopic (exact) mass is 266 g/mol. The molecule has 0 aromatic rings. The van der Waals surface area contributed by atoms with Gasteiger partial charge in [0.15, 0.2) is 0 Å². The van der Waals surface area contributed by atoms with Crippen molar-refractivity contribution in [3.8, 4) is 6.07 Å². The molecule has 102 valence electrons. The molecule has 0 saturated heterocycles. The molecule has 2 aliphatic rings. The quantitative estimate of drug-likeness (QED) is 0.791. The average Bonchev–Trinajstić information content (AvgIpc) is 2.64. The van der Waals surface area contributed by atoms with Gasteiger partial charge in [-0.05, 0) is 31.9 Å². The maximum atomic E-state index is 9.34. The minimum absolute atomic E-state index is 0.247. The normalized spacial score (nSPS) is 37.8. The first-order valence-corrected chi connectivity index (χ1v) is 8.82. The Bertz CT molecular complexity index is 287. The van der Waals surface area contributed by atoms with Gasteiger partial charge in [0.05, 0.1) is 12.0 Å². The van der Waals surface area contributed by atoms with E-state index in [9.17, 15) is 5.26 Å². The van der Waals surface area contributed by atoms with E-state index in [0.717, 1.165) is 11.7 Å². The van der Waals surface area contributed by atoms with E-state index in [1.54, 1.807) is 0 Å². The number of thioether (sulfide) groups is 1. The van der Waals surface area contributed by atoms with Crippen LogP contribution in [-0.4, -0.2) is 23.6 Å². The molecule has 2 saturated carbocycles. The molecule has 2 nitrogen and oxygen atoms in total. The van der Waals surface area contributed by atoms with E-state index >= 15 is 0 Å². The second-order valence-corrected chi connectivity index (χ2v) is 6.89. The molecule has 18 heavy (non-hydrogen) atoms. The van der Waals surface area contributed by atoms with Gasteiger partial charge < -0.3 is 5.32 Å². The molecule has 0 aliphatic heterocycles. The number of nitrogens with one attached hydrogen (secondary N) is 1. The second-order valence-electron chi connectivity index (χ2n) is 5.81. The highest BCUT2D eigenvalue weighted by atomic mass is 32.2. The topological polar surface area (TPSA) is 35.8 Å². The van der Waals surface area contributed by atoms with Crippen molar-refractivity contribution in [2.45, 2.75) is 75.1 Å². The number of rotatable bonds is 3. The summed E-state index contributed by atoms with van der Waals surface area (Å²) in [6.07, 6.45) is 13.8. The summed E-state index contributed by atoms with van der Waals surface area (Å²) in [5, 5.41) is 14.0. The Balaban J connectivity index is 1.94. The zero-order valence-corrected chi connectivity index (χ0v) is 12.3. The molecule has 2 aliphatic carbocycles. The lowest BCUT2D eigenvalue weighted by Gasteiger charge is -2.35. The van der Waals surface area contributed by atoms with E-state index in [1.165, 1.54) is 51.4 Å². The number of nitriles is 1. The van der Waals surface area contributed by atoms with Crippen LogP contribution < -0.4 is 5.32 Å². The maximum Gasteiger partial charge on any atom is 0.0672 e. The van der Waals surface area contributed by atoms with Gasteiger partial charge in [0.2, 0.25) is 0 Å². The zero-order valence-electron chi connectivity index (χ0n) is 11.5. The van der Waals surface area contributed by atoms with E-state index in [0.29, 0.717) is 12.1 Å². The standard InChI is InChI=1S/C15H26N2S/c1-18-15-10-6-5-9-14(15)17-13-8-4-2-3-7-12(13)11-16/h12-15,17H,2-10H2,1H3. The highest BCUT2D eigenvalue weighted by Crippen LogP contribution is 2.30. The minimum Gasteiger partial charge on any atom is -0.309 e. The van der Waals surface area contributed by atoms with Gasteiger partial charge in [0.25, 0.3) is 0 Å². The molecule has 3 heteroatoms. The Kier molecular flexibility index (Phi) is 5.85. The molecular formula is C15H26N2S. The van der Waals surface area contributed by atoms with Crippen LogP contribution in [0.5, 0.6) is 0 Å². The summed E-state index contributed by atoms with van der Waals surface area (Å²) in [6.45, 7) is 0.